The smallest absolute Gasteiger partial charge is 0.219 e. The van der Waals surface area contributed by atoms with E-state index in [9.17, 15) is 0 Å². The molecule has 0 aliphatic rings. The van der Waals surface area contributed by atoms with Crippen LogP contribution in [0.3, 0.4) is 0 Å². The molecular formula is C15H18N2O2. The molecule has 0 atom stereocenters. The van der Waals surface area contributed by atoms with Crippen LogP contribution in [0, 0.1) is 0 Å². The summed E-state index contributed by atoms with van der Waals surface area (Å²) in [7, 11) is 3.53. The molecule has 1 aromatic heterocycles. The molecule has 1 aromatic carbocycles. The Morgan fingerprint density at radius 1 is 1.11 bits per heavy atom. The van der Waals surface area contributed by atoms with E-state index >= 15 is 0 Å². The van der Waals surface area contributed by atoms with E-state index in [1.807, 2.05) is 43.4 Å². The maximum atomic E-state index is 5.86. The zero-order valence-electron chi connectivity index (χ0n) is 11.2. The van der Waals surface area contributed by atoms with Gasteiger partial charge in [0.2, 0.25) is 5.88 Å². The Kier molecular flexibility index (Phi) is 4.75. The van der Waals surface area contributed by atoms with Crippen molar-refractivity contribution in [1.82, 2.24) is 10.3 Å². The lowest BCUT2D eigenvalue weighted by Crippen LogP contribution is -2.08. The number of hydrogen-bond acceptors (Lipinski definition) is 4. The lowest BCUT2D eigenvalue weighted by molar-refractivity contribution is 0.290. The van der Waals surface area contributed by atoms with Gasteiger partial charge >= 0.3 is 0 Å². The second-order valence-corrected chi connectivity index (χ2v) is 4.10. The number of pyridine rings is 1. The van der Waals surface area contributed by atoms with Crippen LogP contribution in [-0.2, 0) is 13.2 Å². The molecule has 1 N–H and O–H groups in total. The van der Waals surface area contributed by atoms with Crippen molar-refractivity contribution in [2.75, 3.05) is 14.2 Å². The number of nitrogens with one attached hydrogen (secondary N) is 1. The molecular weight excluding hydrogens is 240 g/mol. The Morgan fingerprint density at radius 2 is 1.89 bits per heavy atom. The minimum absolute atomic E-state index is 0.442. The van der Waals surface area contributed by atoms with Crippen LogP contribution in [0.25, 0.3) is 0 Å². The molecule has 4 heteroatoms. The molecule has 2 aromatic rings. The summed E-state index contributed by atoms with van der Waals surface area (Å²) in [4.78, 5) is 4.15. The highest BCUT2D eigenvalue weighted by atomic mass is 16.5. The molecule has 4 nitrogen and oxygen atoms in total. The molecule has 0 bridgehead atoms. The van der Waals surface area contributed by atoms with Gasteiger partial charge in [-0.2, -0.15) is 0 Å². The Balaban J connectivity index is 2.10. The molecule has 0 radical (unpaired) electrons. The van der Waals surface area contributed by atoms with Crippen LogP contribution in [-0.4, -0.2) is 19.1 Å². The second kappa shape index (κ2) is 6.75. The van der Waals surface area contributed by atoms with Crippen molar-refractivity contribution in [3.8, 4) is 11.6 Å². The highest BCUT2D eigenvalue weighted by Crippen LogP contribution is 2.21. The minimum atomic E-state index is 0.442. The first-order valence-corrected chi connectivity index (χ1v) is 6.18. The van der Waals surface area contributed by atoms with Gasteiger partial charge in [-0.25, -0.2) is 4.98 Å². The van der Waals surface area contributed by atoms with E-state index < -0.39 is 0 Å². The molecule has 0 saturated carbocycles. The molecule has 19 heavy (non-hydrogen) atoms. The van der Waals surface area contributed by atoms with Gasteiger partial charge in [-0.3, -0.25) is 0 Å². The monoisotopic (exact) mass is 258 g/mol. The number of para-hydroxylation sites is 1. The van der Waals surface area contributed by atoms with Crippen LogP contribution in [0.15, 0.2) is 42.6 Å². The SMILES string of the molecule is CNCc1ccccc1OCc1cccnc1OC. The van der Waals surface area contributed by atoms with Crippen molar-refractivity contribution in [3.05, 3.63) is 53.7 Å². The molecule has 0 saturated heterocycles. The summed E-state index contributed by atoms with van der Waals surface area (Å²) in [6.45, 7) is 1.22. The first kappa shape index (κ1) is 13.4. The summed E-state index contributed by atoms with van der Waals surface area (Å²) in [5.74, 6) is 1.48. The number of rotatable bonds is 6. The predicted molar refractivity (Wildman–Crippen MR) is 74.3 cm³/mol. The summed E-state index contributed by atoms with van der Waals surface area (Å²) < 4.78 is 11.1. The summed E-state index contributed by atoms with van der Waals surface area (Å²) in [6, 6.07) is 11.8. The van der Waals surface area contributed by atoms with E-state index in [4.69, 9.17) is 9.47 Å². The minimum Gasteiger partial charge on any atom is -0.488 e. The van der Waals surface area contributed by atoms with Gasteiger partial charge in [0.15, 0.2) is 0 Å². The van der Waals surface area contributed by atoms with Crippen LogP contribution in [0.4, 0.5) is 0 Å². The van der Waals surface area contributed by atoms with Gasteiger partial charge in [0, 0.05) is 18.3 Å². The number of nitrogens with zero attached hydrogens (tertiary/aromatic N) is 1. The number of hydrogen-bond donors (Lipinski definition) is 1. The Hall–Kier alpha value is -2.07. The van der Waals surface area contributed by atoms with Crippen LogP contribution in [0.2, 0.25) is 0 Å². The fourth-order valence-corrected chi connectivity index (χ4v) is 1.85. The van der Waals surface area contributed by atoms with E-state index in [1.165, 1.54) is 0 Å². The lowest BCUT2D eigenvalue weighted by Gasteiger charge is -2.12. The van der Waals surface area contributed by atoms with Crippen molar-refractivity contribution >= 4 is 0 Å². The van der Waals surface area contributed by atoms with Gasteiger partial charge in [-0.05, 0) is 25.2 Å². The van der Waals surface area contributed by atoms with Crippen molar-refractivity contribution in [3.63, 3.8) is 0 Å². The molecule has 0 amide bonds. The number of aromatic nitrogens is 1. The van der Waals surface area contributed by atoms with Crippen LogP contribution in [0.1, 0.15) is 11.1 Å². The van der Waals surface area contributed by atoms with Crippen molar-refractivity contribution < 1.29 is 9.47 Å². The molecule has 0 fully saturated rings. The Bertz CT molecular complexity index is 529. The topological polar surface area (TPSA) is 43.4 Å². The molecule has 0 spiro atoms. The molecule has 0 aliphatic heterocycles. The average molecular weight is 258 g/mol. The Labute approximate surface area is 113 Å². The van der Waals surface area contributed by atoms with Crippen LogP contribution in [0.5, 0.6) is 11.6 Å². The van der Waals surface area contributed by atoms with Crippen molar-refractivity contribution in [2.24, 2.45) is 0 Å². The fraction of sp³-hybridized carbons (Fsp3) is 0.267. The zero-order chi connectivity index (χ0) is 13.5. The first-order valence-electron chi connectivity index (χ1n) is 6.18. The van der Waals surface area contributed by atoms with E-state index in [-0.39, 0.29) is 0 Å². The average Bonchev–Trinajstić information content (AvgIpc) is 2.47. The third-order valence-electron chi connectivity index (χ3n) is 2.77. The van der Waals surface area contributed by atoms with Gasteiger partial charge in [0.25, 0.3) is 0 Å². The van der Waals surface area contributed by atoms with E-state index in [0.29, 0.717) is 12.5 Å². The van der Waals surface area contributed by atoms with Crippen LogP contribution < -0.4 is 14.8 Å². The van der Waals surface area contributed by atoms with E-state index in [0.717, 1.165) is 23.4 Å². The Morgan fingerprint density at radius 3 is 2.68 bits per heavy atom. The maximum Gasteiger partial charge on any atom is 0.219 e. The van der Waals surface area contributed by atoms with Crippen molar-refractivity contribution in [2.45, 2.75) is 13.2 Å². The number of benzene rings is 1. The largest absolute Gasteiger partial charge is 0.488 e. The third-order valence-corrected chi connectivity index (χ3v) is 2.77. The maximum absolute atomic E-state index is 5.86. The highest BCUT2D eigenvalue weighted by Gasteiger charge is 2.06. The lowest BCUT2D eigenvalue weighted by atomic mass is 10.2. The fourth-order valence-electron chi connectivity index (χ4n) is 1.85. The summed E-state index contributed by atoms with van der Waals surface area (Å²) in [6.07, 6.45) is 1.71. The van der Waals surface area contributed by atoms with Crippen LogP contribution >= 0.6 is 0 Å². The summed E-state index contributed by atoms with van der Waals surface area (Å²) >= 11 is 0. The molecule has 0 unspecified atom stereocenters. The van der Waals surface area contributed by atoms with Crippen molar-refractivity contribution in [1.29, 1.82) is 0 Å². The van der Waals surface area contributed by atoms with Gasteiger partial charge in [0.05, 0.1) is 12.7 Å². The summed E-state index contributed by atoms with van der Waals surface area (Å²) in [5, 5.41) is 3.13. The number of ether oxygens (including phenoxy) is 2. The first-order chi connectivity index (χ1) is 9.35. The molecule has 100 valence electrons. The predicted octanol–water partition coefficient (Wildman–Crippen LogP) is 2.39. The van der Waals surface area contributed by atoms with Gasteiger partial charge in [0.1, 0.15) is 12.4 Å². The zero-order valence-corrected chi connectivity index (χ0v) is 11.2. The summed E-state index contributed by atoms with van der Waals surface area (Å²) in [5.41, 5.74) is 2.07. The molecule has 2 rings (SSSR count). The van der Waals surface area contributed by atoms with E-state index in [1.54, 1.807) is 13.3 Å². The van der Waals surface area contributed by atoms with Gasteiger partial charge in [-0.1, -0.05) is 18.2 Å². The third kappa shape index (κ3) is 3.45. The normalized spacial score (nSPS) is 10.2. The quantitative estimate of drug-likeness (QED) is 0.864. The number of methoxy groups -OCH3 is 1. The highest BCUT2D eigenvalue weighted by molar-refractivity contribution is 5.34. The van der Waals surface area contributed by atoms with Gasteiger partial charge in [-0.15, -0.1) is 0 Å². The standard InChI is InChI=1S/C15H18N2O2/c1-16-10-12-6-3-4-8-14(12)19-11-13-7-5-9-17-15(13)18-2/h3-9,16H,10-11H2,1-2H3. The molecule has 0 aliphatic carbocycles. The van der Waals surface area contributed by atoms with Gasteiger partial charge < -0.3 is 14.8 Å². The van der Waals surface area contributed by atoms with E-state index in [2.05, 4.69) is 10.3 Å². The second-order valence-electron chi connectivity index (χ2n) is 4.10. The molecule has 1 heterocycles.